The first-order valence-electron chi connectivity index (χ1n) is 5.62. The van der Waals surface area contributed by atoms with E-state index in [1.54, 1.807) is 11.3 Å². The maximum absolute atomic E-state index is 5.88. The fourth-order valence-electron chi connectivity index (χ4n) is 1.49. The molecule has 5 heteroatoms. The van der Waals surface area contributed by atoms with Crippen molar-refractivity contribution in [2.75, 3.05) is 6.61 Å². The van der Waals surface area contributed by atoms with Crippen LogP contribution in [0.5, 0.6) is 5.88 Å². The van der Waals surface area contributed by atoms with Gasteiger partial charge in [0, 0.05) is 4.88 Å². The average Bonchev–Trinajstić information content (AvgIpc) is 2.57. The van der Waals surface area contributed by atoms with Gasteiger partial charge in [0.1, 0.15) is 4.83 Å². The number of hydrogen-bond acceptors (Lipinski definition) is 4. The van der Waals surface area contributed by atoms with Crippen LogP contribution in [-0.4, -0.2) is 16.6 Å². The normalized spacial score (nSPS) is 11.4. The van der Waals surface area contributed by atoms with Gasteiger partial charge in [-0.25, -0.2) is 4.98 Å². The highest BCUT2D eigenvalue weighted by molar-refractivity contribution is 7.18. The quantitative estimate of drug-likeness (QED) is 0.786. The highest BCUT2D eigenvalue weighted by atomic mass is 35.5. The first-order chi connectivity index (χ1) is 8.06. The number of aryl methyl sites for hydroxylation is 1. The van der Waals surface area contributed by atoms with E-state index in [0.29, 0.717) is 18.4 Å². The minimum absolute atomic E-state index is 0.249. The van der Waals surface area contributed by atoms with Gasteiger partial charge in [-0.05, 0) is 36.9 Å². The van der Waals surface area contributed by atoms with Crippen molar-refractivity contribution in [2.45, 2.75) is 27.2 Å². The van der Waals surface area contributed by atoms with Gasteiger partial charge in [-0.1, -0.05) is 13.8 Å². The summed E-state index contributed by atoms with van der Waals surface area (Å²) in [6, 6.07) is 2.04. The zero-order chi connectivity index (χ0) is 12.4. The van der Waals surface area contributed by atoms with Crippen LogP contribution in [0.2, 0.25) is 5.28 Å². The van der Waals surface area contributed by atoms with Crippen LogP contribution in [0.3, 0.4) is 0 Å². The standard InChI is InChI=1S/C12H15ClN2OS/c1-7(2)4-5-16-10-9-6-8(3)17-11(9)15-12(13)14-10/h6-7H,4-5H2,1-3H3. The molecule has 0 aromatic carbocycles. The van der Waals surface area contributed by atoms with Crippen molar-refractivity contribution in [1.82, 2.24) is 9.97 Å². The van der Waals surface area contributed by atoms with Crippen molar-refractivity contribution in [3.63, 3.8) is 0 Å². The molecule has 2 heterocycles. The molecule has 0 saturated heterocycles. The fourth-order valence-corrected chi connectivity index (χ4v) is 2.57. The SMILES string of the molecule is Cc1cc2c(OCCC(C)C)nc(Cl)nc2s1. The molecule has 2 rings (SSSR count). The Labute approximate surface area is 110 Å². The Hall–Kier alpha value is -0.870. The fraction of sp³-hybridized carbons (Fsp3) is 0.500. The van der Waals surface area contributed by atoms with Crippen LogP contribution < -0.4 is 4.74 Å². The average molecular weight is 271 g/mol. The molecule has 0 unspecified atom stereocenters. The Balaban J connectivity index is 2.25. The summed E-state index contributed by atoms with van der Waals surface area (Å²) in [5.74, 6) is 1.22. The molecule has 0 N–H and O–H groups in total. The van der Waals surface area contributed by atoms with Crippen LogP contribution in [0.4, 0.5) is 0 Å². The Morgan fingerprint density at radius 1 is 1.41 bits per heavy atom. The summed E-state index contributed by atoms with van der Waals surface area (Å²) < 4.78 is 5.70. The summed E-state index contributed by atoms with van der Waals surface area (Å²) >= 11 is 7.48. The van der Waals surface area contributed by atoms with Gasteiger partial charge in [-0.2, -0.15) is 4.98 Å². The summed E-state index contributed by atoms with van der Waals surface area (Å²) in [7, 11) is 0. The molecule has 0 saturated carbocycles. The summed E-state index contributed by atoms with van der Waals surface area (Å²) in [4.78, 5) is 10.4. The molecule has 0 spiro atoms. The smallest absolute Gasteiger partial charge is 0.227 e. The molecule has 92 valence electrons. The monoisotopic (exact) mass is 270 g/mol. The van der Waals surface area contributed by atoms with Crippen LogP contribution >= 0.6 is 22.9 Å². The van der Waals surface area contributed by atoms with Crippen LogP contribution in [0, 0.1) is 12.8 Å². The molecule has 0 atom stereocenters. The van der Waals surface area contributed by atoms with E-state index in [1.807, 2.05) is 13.0 Å². The van der Waals surface area contributed by atoms with Crippen molar-refractivity contribution >= 4 is 33.2 Å². The molecule has 0 bridgehead atoms. The molecule has 0 aliphatic rings. The number of halogens is 1. The number of thiophene rings is 1. The maximum Gasteiger partial charge on any atom is 0.227 e. The summed E-state index contributed by atoms with van der Waals surface area (Å²) in [5, 5.41) is 1.21. The van der Waals surface area contributed by atoms with Crippen molar-refractivity contribution in [2.24, 2.45) is 5.92 Å². The van der Waals surface area contributed by atoms with Gasteiger partial charge in [0.15, 0.2) is 0 Å². The van der Waals surface area contributed by atoms with Gasteiger partial charge in [-0.3, -0.25) is 0 Å². The highest BCUT2D eigenvalue weighted by Crippen LogP contribution is 2.30. The zero-order valence-electron chi connectivity index (χ0n) is 10.2. The first-order valence-corrected chi connectivity index (χ1v) is 6.82. The van der Waals surface area contributed by atoms with E-state index in [4.69, 9.17) is 16.3 Å². The number of rotatable bonds is 4. The molecule has 0 aliphatic carbocycles. The second-order valence-electron chi connectivity index (χ2n) is 4.40. The van der Waals surface area contributed by atoms with Gasteiger partial charge < -0.3 is 4.74 Å². The molecular formula is C12H15ClN2OS. The molecule has 2 aromatic heterocycles. The number of aromatic nitrogens is 2. The minimum atomic E-state index is 0.249. The largest absolute Gasteiger partial charge is 0.477 e. The summed E-state index contributed by atoms with van der Waals surface area (Å²) in [6.45, 7) is 7.04. The number of ether oxygens (including phenoxy) is 1. The Morgan fingerprint density at radius 2 is 2.18 bits per heavy atom. The molecule has 0 fully saturated rings. The molecule has 2 aromatic rings. The Kier molecular flexibility index (Phi) is 3.84. The lowest BCUT2D eigenvalue weighted by Crippen LogP contribution is -2.03. The minimum Gasteiger partial charge on any atom is -0.477 e. The van der Waals surface area contributed by atoms with Gasteiger partial charge in [0.05, 0.1) is 12.0 Å². The van der Waals surface area contributed by atoms with Crippen LogP contribution in [0.1, 0.15) is 25.1 Å². The third-order valence-electron chi connectivity index (χ3n) is 2.39. The van der Waals surface area contributed by atoms with Crippen molar-refractivity contribution < 1.29 is 4.74 Å². The predicted molar refractivity (Wildman–Crippen MR) is 72.1 cm³/mol. The molecular weight excluding hydrogens is 256 g/mol. The second-order valence-corrected chi connectivity index (χ2v) is 5.98. The van der Waals surface area contributed by atoms with Gasteiger partial charge in [0.25, 0.3) is 0 Å². The lowest BCUT2D eigenvalue weighted by atomic mass is 10.1. The topological polar surface area (TPSA) is 35.0 Å². The Bertz CT molecular complexity index is 524. The van der Waals surface area contributed by atoms with Gasteiger partial charge >= 0.3 is 0 Å². The third-order valence-corrected chi connectivity index (χ3v) is 3.50. The number of fused-ring (bicyclic) bond motifs is 1. The van der Waals surface area contributed by atoms with E-state index < -0.39 is 0 Å². The van der Waals surface area contributed by atoms with E-state index in [0.717, 1.165) is 16.6 Å². The van der Waals surface area contributed by atoms with Gasteiger partial charge in [0.2, 0.25) is 11.2 Å². The van der Waals surface area contributed by atoms with Crippen molar-refractivity contribution in [3.8, 4) is 5.88 Å². The molecule has 0 radical (unpaired) electrons. The van der Waals surface area contributed by atoms with E-state index in [9.17, 15) is 0 Å². The van der Waals surface area contributed by atoms with Gasteiger partial charge in [-0.15, -0.1) is 11.3 Å². The van der Waals surface area contributed by atoms with E-state index in [1.165, 1.54) is 4.88 Å². The summed E-state index contributed by atoms with van der Waals surface area (Å²) in [6.07, 6.45) is 1.01. The molecule has 17 heavy (non-hydrogen) atoms. The van der Waals surface area contributed by atoms with Crippen molar-refractivity contribution in [1.29, 1.82) is 0 Å². The lowest BCUT2D eigenvalue weighted by Gasteiger charge is -2.07. The van der Waals surface area contributed by atoms with Crippen LogP contribution in [-0.2, 0) is 0 Å². The molecule has 0 amide bonds. The predicted octanol–water partition coefficient (Wildman–Crippen LogP) is 4.08. The van der Waals surface area contributed by atoms with E-state index in [-0.39, 0.29) is 5.28 Å². The molecule has 0 aliphatic heterocycles. The van der Waals surface area contributed by atoms with Crippen LogP contribution in [0.25, 0.3) is 10.2 Å². The van der Waals surface area contributed by atoms with E-state index >= 15 is 0 Å². The highest BCUT2D eigenvalue weighted by Gasteiger charge is 2.10. The van der Waals surface area contributed by atoms with Crippen molar-refractivity contribution in [3.05, 3.63) is 16.2 Å². The first kappa shape index (κ1) is 12.6. The molecule has 3 nitrogen and oxygen atoms in total. The number of nitrogens with zero attached hydrogens (tertiary/aromatic N) is 2. The lowest BCUT2D eigenvalue weighted by molar-refractivity contribution is 0.282. The number of hydrogen-bond donors (Lipinski definition) is 0. The summed E-state index contributed by atoms with van der Waals surface area (Å²) in [5.41, 5.74) is 0. The second kappa shape index (κ2) is 5.19. The van der Waals surface area contributed by atoms with E-state index in [2.05, 4.69) is 23.8 Å². The van der Waals surface area contributed by atoms with Crippen LogP contribution in [0.15, 0.2) is 6.07 Å². The maximum atomic E-state index is 5.88. The Morgan fingerprint density at radius 3 is 2.88 bits per heavy atom. The third kappa shape index (κ3) is 3.07. The zero-order valence-corrected chi connectivity index (χ0v) is 11.7.